The summed E-state index contributed by atoms with van der Waals surface area (Å²) in [7, 11) is 1.62. The highest BCUT2D eigenvalue weighted by Crippen LogP contribution is 1.89. The third kappa shape index (κ3) is 3.83. The van der Waals surface area contributed by atoms with Gasteiger partial charge in [-0.15, -0.1) is 0 Å². The highest BCUT2D eigenvalue weighted by atomic mass is 16.5. The molecule has 0 aromatic rings. The van der Waals surface area contributed by atoms with Gasteiger partial charge in [-0.1, -0.05) is 6.58 Å². The second-order valence-electron chi connectivity index (χ2n) is 1.82. The molecule has 0 bridgehead atoms. The average Bonchev–Trinajstić information content (AvgIpc) is 1.88. The van der Waals surface area contributed by atoms with Gasteiger partial charge in [0.25, 0.3) is 0 Å². The van der Waals surface area contributed by atoms with Crippen molar-refractivity contribution in [3.05, 3.63) is 12.2 Å². The van der Waals surface area contributed by atoms with Crippen LogP contribution < -0.4 is 0 Å². The normalized spacial score (nSPS) is 9.80. The Morgan fingerprint density at radius 1 is 1.80 bits per heavy atom. The minimum absolute atomic E-state index is 0.224. The van der Waals surface area contributed by atoms with Crippen molar-refractivity contribution >= 4 is 12.2 Å². The summed E-state index contributed by atoms with van der Waals surface area (Å²) in [6.07, 6.45) is 1.51. The minimum Gasteiger partial charge on any atom is -0.457 e. The van der Waals surface area contributed by atoms with Gasteiger partial charge < -0.3 is 4.74 Å². The number of aliphatic imine (C=N–C) groups is 1. The molecule has 3 heteroatoms. The van der Waals surface area contributed by atoms with Crippen LogP contribution in [0, 0.1) is 0 Å². The molecule has 0 heterocycles. The second-order valence-corrected chi connectivity index (χ2v) is 1.82. The molecule has 0 unspecified atom stereocenters. The van der Waals surface area contributed by atoms with Gasteiger partial charge in [0.1, 0.15) is 6.61 Å². The van der Waals surface area contributed by atoms with E-state index in [1.807, 2.05) is 0 Å². The first-order valence-corrected chi connectivity index (χ1v) is 2.91. The molecule has 0 rings (SSSR count). The van der Waals surface area contributed by atoms with Crippen LogP contribution in [-0.4, -0.2) is 25.8 Å². The molecule has 0 amide bonds. The smallest absolute Gasteiger partial charge is 0.333 e. The lowest BCUT2D eigenvalue weighted by molar-refractivity contribution is -0.137. The van der Waals surface area contributed by atoms with Crippen LogP contribution in [0.15, 0.2) is 17.1 Å². The van der Waals surface area contributed by atoms with E-state index in [1.54, 1.807) is 14.0 Å². The lowest BCUT2D eigenvalue weighted by atomic mass is 10.4. The predicted octanol–water partition coefficient (Wildman–Crippen LogP) is 0.806. The van der Waals surface area contributed by atoms with Crippen LogP contribution in [0.5, 0.6) is 0 Å². The Kier molecular flexibility index (Phi) is 4.20. The summed E-state index contributed by atoms with van der Waals surface area (Å²) in [5.74, 6) is -0.375. The fourth-order valence-corrected chi connectivity index (χ4v) is 0.311. The number of esters is 1. The summed E-state index contributed by atoms with van der Waals surface area (Å²) >= 11 is 0. The SMILES string of the molecule is C=C(C)C(=O)OC/C=N/C. The Morgan fingerprint density at radius 2 is 2.40 bits per heavy atom. The Labute approximate surface area is 60.4 Å². The predicted molar refractivity (Wildman–Crippen MR) is 40.2 cm³/mol. The molecule has 0 aliphatic heterocycles. The molecule has 0 aromatic heterocycles. The molecule has 0 atom stereocenters. The van der Waals surface area contributed by atoms with Crippen LogP contribution in [0.4, 0.5) is 0 Å². The van der Waals surface area contributed by atoms with E-state index < -0.39 is 0 Å². The van der Waals surface area contributed by atoms with E-state index in [4.69, 9.17) is 0 Å². The van der Waals surface area contributed by atoms with Crippen molar-refractivity contribution in [2.24, 2.45) is 4.99 Å². The molecule has 10 heavy (non-hydrogen) atoms. The van der Waals surface area contributed by atoms with E-state index in [2.05, 4.69) is 16.3 Å². The number of hydrogen-bond acceptors (Lipinski definition) is 3. The van der Waals surface area contributed by atoms with Crippen molar-refractivity contribution in [3.63, 3.8) is 0 Å². The van der Waals surface area contributed by atoms with Gasteiger partial charge >= 0.3 is 5.97 Å². The third-order valence-electron chi connectivity index (χ3n) is 0.820. The van der Waals surface area contributed by atoms with Crippen LogP contribution >= 0.6 is 0 Å². The molecular weight excluding hydrogens is 130 g/mol. The number of hydrogen-bond donors (Lipinski definition) is 0. The molecule has 0 saturated carbocycles. The van der Waals surface area contributed by atoms with E-state index >= 15 is 0 Å². The summed E-state index contributed by atoms with van der Waals surface area (Å²) in [5, 5.41) is 0. The van der Waals surface area contributed by atoms with Crippen LogP contribution in [0.3, 0.4) is 0 Å². The van der Waals surface area contributed by atoms with Gasteiger partial charge in [-0.3, -0.25) is 4.99 Å². The first kappa shape index (κ1) is 8.88. The molecule has 0 aliphatic carbocycles. The molecular formula is C7H11NO2. The lowest BCUT2D eigenvalue weighted by Crippen LogP contribution is -2.06. The highest BCUT2D eigenvalue weighted by Gasteiger charge is 1.99. The first-order chi connectivity index (χ1) is 4.68. The lowest BCUT2D eigenvalue weighted by Gasteiger charge is -1.97. The molecule has 0 fully saturated rings. The largest absolute Gasteiger partial charge is 0.457 e. The molecule has 0 aliphatic rings. The van der Waals surface area contributed by atoms with Crippen molar-refractivity contribution < 1.29 is 9.53 Å². The molecule has 0 aromatic carbocycles. The van der Waals surface area contributed by atoms with Crippen LogP contribution in [0.2, 0.25) is 0 Å². The summed E-state index contributed by atoms with van der Waals surface area (Å²) in [6, 6.07) is 0. The Balaban J connectivity index is 3.50. The highest BCUT2D eigenvalue weighted by molar-refractivity contribution is 5.87. The monoisotopic (exact) mass is 141 g/mol. The van der Waals surface area contributed by atoms with Crippen LogP contribution in [0.25, 0.3) is 0 Å². The maximum Gasteiger partial charge on any atom is 0.333 e. The quantitative estimate of drug-likeness (QED) is 0.331. The van der Waals surface area contributed by atoms with E-state index in [-0.39, 0.29) is 12.6 Å². The standard InChI is InChI=1S/C7H11NO2/c1-6(2)7(9)10-5-4-8-3/h4H,1,5H2,2-3H3/b8-4+. The van der Waals surface area contributed by atoms with E-state index in [9.17, 15) is 4.79 Å². The van der Waals surface area contributed by atoms with Crippen molar-refractivity contribution in [2.45, 2.75) is 6.92 Å². The number of carbonyl (C=O) groups is 1. The zero-order chi connectivity index (χ0) is 7.98. The molecule has 0 spiro atoms. The fourth-order valence-electron chi connectivity index (χ4n) is 0.311. The van der Waals surface area contributed by atoms with E-state index in [1.165, 1.54) is 6.21 Å². The number of nitrogens with zero attached hydrogens (tertiary/aromatic N) is 1. The van der Waals surface area contributed by atoms with Gasteiger partial charge in [0, 0.05) is 18.8 Å². The van der Waals surface area contributed by atoms with Crippen LogP contribution in [0.1, 0.15) is 6.92 Å². The molecule has 0 N–H and O–H groups in total. The Bertz CT molecular complexity index is 161. The van der Waals surface area contributed by atoms with Crippen LogP contribution in [-0.2, 0) is 9.53 Å². The maximum absolute atomic E-state index is 10.6. The number of ether oxygens (including phenoxy) is 1. The summed E-state index contributed by atoms with van der Waals surface area (Å²) in [5.41, 5.74) is 0.407. The molecule has 0 radical (unpaired) electrons. The third-order valence-corrected chi connectivity index (χ3v) is 0.820. The van der Waals surface area contributed by atoms with Gasteiger partial charge in [-0.25, -0.2) is 4.79 Å². The summed E-state index contributed by atoms with van der Waals surface area (Å²) in [4.78, 5) is 14.3. The summed E-state index contributed by atoms with van der Waals surface area (Å²) < 4.78 is 4.66. The fraction of sp³-hybridized carbons (Fsp3) is 0.429. The van der Waals surface area contributed by atoms with Gasteiger partial charge in [-0.05, 0) is 6.92 Å². The van der Waals surface area contributed by atoms with Gasteiger partial charge in [0.15, 0.2) is 0 Å². The van der Waals surface area contributed by atoms with Gasteiger partial charge in [0.2, 0.25) is 0 Å². The van der Waals surface area contributed by atoms with Gasteiger partial charge in [-0.2, -0.15) is 0 Å². The Morgan fingerprint density at radius 3 is 2.80 bits per heavy atom. The number of carbonyl (C=O) groups excluding carboxylic acids is 1. The maximum atomic E-state index is 10.6. The van der Waals surface area contributed by atoms with Crippen molar-refractivity contribution in [2.75, 3.05) is 13.7 Å². The average molecular weight is 141 g/mol. The van der Waals surface area contributed by atoms with E-state index in [0.717, 1.165) is 0 Å². The van der Waals surface area contributed by atoms with Crippen molar-refractivity contribution in [3.8, 4) is 0 Å². The van der Waals surface area contributed by atoms with Crippen molar-refractivity contribution in [1.82, 2.24) is 0 Å². The topological polar surface area (TPSA) is 38.7 Å². The Hall–Kier alpha value is -1.12. The molecule has 56 valence electrons. The minimum atomic E-state index is -0.375. The van der Waals surface area contributed by atoms with E-state index in [0.29, 0.717) is 5.57 Å². The zero-order valence-electron chi connectivity index (χ0n) is 6.26. The molecule has 3 nitrogen and oxygen atoms in total. The molecule has 0 saturated heterocycles. The van der Waals surface area contributed by atoms with Crippen molar-refractivity contribution in [1.29, 1.82) is 0 Å². The summed E-state index contributed by atoms with van der Waals surface area (Å²) in [6.45, 7) is 5.24. The van der Waals surface area contributed by atoms with Gasteiger partial charge in [0.05, 0.1) is 0 Å². The zero-order valence-corrected chi connectivity index (χ0v) is 6.26. The first-order valence-electron chi connectivity index (χ1n) is 2.91. The number of rotatable bonds is 3. The second kappa shape index (κ2) is 4.73.